The molecule has 0 aromatic heterocycles. The van der Waals surface area contributed by atoms with Gasteiger partial charge in [-0.1, -0.05) is 0 Å². The Hall–Kier alpha value is -1.13. The lowest BCUT2D eigenvalue weighted by atomic mass is 9.84. The third-order valence-corrected chi connectivity index (χ3v) is 4.79. The van der Waals surface area contributed by atoms with E-state index in [1.807, 2.05) is 6.07 Å². The van der Waals surface area contributed by atoms with Gasteiger partial charge < -0.3 is 44.5 Å². The number of ether oxygens (including phenoxy) is 4. The summed E-state index contributed by atoms with van der Waals surface area (Å²) in [7, 11) is 2.84. The summed E-state index contributed by atoms with van der Waals surface area (Å²) in [6, 6.07) is 1.83. The number of aliphatic hydroxyl groups is 5. The standard InChI is InChI=1S/C16H25NO9/c1-23-9-5-8(7(3-4-17)11(19)15(9)24-2)25-16-14(22)13(21)12(20)10(6-18)26-16/h3,8-16,18-22H,5-6H2,1-2H3/b7-3+/t8-,9+,10-,11-,12+,13+,14+,15+,16-/m0/s1. The van der Waals surface area contributed by atoms with Gasteiger partial charge in [-0.25, -0.2) is 0 Å². The van der Waals surface area contributed by atoms with E-state index < -0.39 is 61.7 Å². The van der Waals surface area contributed by atoms with Gasteiger partial charge in [0.05, 0.1) is 24.9 Å². The molecule has 10 heteroatoms. The second-order valence-electron chi connectivity index (χ2n) is 6.25. The van der Waals surface area contributed by atoms with Gasteiger partial charge in [-0.2, -0.15) is 5.26 Å². The molecule has 1 aliphatic heterocycles. The van der Waals surface area contributed by atoms with Crippen LogP contribution in [0, 0.1) is 11.3 Å². The van der Waals surface area contributed by atoms with Crippen molar-refractivity contribution < 1.29 is 44.5 Å². The molecule has 2 rings (SSSR count). The predicted octanol–water partition coefficient (Wildman–Crippen LogP) is -2.58. The summed E-state index contributed by atoms with van der Waals surface area (Å²) in [4.78, 5) is 0. The number of hydrogen-bond donors (Lipinski definition) is 5. The highest BCUT2D eigenvalue weighted by Crippen LogP contribution is 2.33. The van der Waals surface area contributed by atoms with Gasteiger partial charge in [-0.15, -0.1) is 0 Å². The number of nitriles is 1. The van der Waals surface area contributed by atoms with E-state index in [-0.39, 0.29) is 12.0 Å². The van der Waals surface area contributed by atoms with Crippen LogP contribution in [0.2, 0.25) is 0 Å². The highest BCUT2D eigenvalue weighted by molar-refractivity contribution is 5.26. The predicted molar refractivity (Wildman–Crippen MR) is 84.6 cm³/mol. The minimum absolute atomic E-state index is 0.189. The highest BCUT2D eigenvalue weighted by atomic mass is 16.7. The summed E-state index contributed by atoms with van der Waals surface area (Å²) >= 11 is 0. The molecule has 5 N–H and O–H groups in total. The normalized spacial score (nSPS) is 45.5. The van der Waals surface area contributed by atoms with Gasteiger partial charge >= 0.3 is 0 Å². The minimum atomic E-state index is -1.59. The Kier molecular flexibility index (Phi) is 7.48. The number of rotatable bonds is 5. The van der Waals surface area contributed by atoms with Crippen LogP contribution >= 0.6 is 0 Å². The van der Waals surface area contributed by atoms with Crippen molar-refractivity contribution in [2.75, 3.05) is 20.8 Å². The molecule has 0 aromatic rings. The van der Waals surface area contributed by atoms with Crippen LogP contribution in [0.25, 0.3) is 0 Å². The van der Waals surface area contributed by atoms with Crippen LogP contribution in [0.3, 0.4) is 0 Å². The molecule has 1 aliphatic carbocycles. The van der Waals surface area contributed by atoms with E-state index >= 15 is 0 Å². The molecule has 0 radical (unpaired) electrons. The molecule has 1 saturated heterocycles. The van der Waals surface area contributed by atoms with Gasteiger partial charge in [0, 0.05) is 32.3 Å². The Morgan fingerprint density at radius 1 is 1.15 bits per heavy atom. The zero-order valence-corrected chi connectivity index (χ0v) is 14.5. The average molecular weight is 375 g/mol. The maximum absolute atomic E-state index is 10.5. The minimum Gasteiger partial charge on any atom is -0.394 e. The van der Waals surface area contributed by atoms with Gasteiger partial charge in [0.25, 0.3) is 0 Å². The molecule has 10 nitrogen and oxygen atoms in total. The Morgan fingerprint density at radius 2 is 1.85 bits per heavy atom. The Balaban J connectivity index is 2.22. The van der Waals surface area contributed by atoms with Crippen molar-refractivity contribution in [1.82, 2.24) is 0 Å². The fourth-order valence-electron chi connectivity index (χ4n) is 3.30. The van der Waals surface area contributed by atoms with Crippen molar-refractivity contribution in [3.63, 3.8) is 0 Å². The van der Waals surface area contributed by atoms with Gasteiger partial charge in [-0.05, 0) is 0 Å². The van der Waals surface area contributed by atoms with Crippen molar-refractivity contribution in [3.05, 3.63) is 11.6 Å². The molecule has 2 aliphatic rings. The summed E-state index contributed by atoms with van der Waals surface area (Å²) in [5, 5.41) is 58.5. The first-order chi connectivity index (χ1) is 12.4. The van der Waals surface area contributed by atoms with E-state index in [0.29, 0.717) is 0 Å². The van der Waals surface area contributed by atoms with Crippen LogP contribution in [-0.2, 0) is 18.9 Å². The molecule has 1 saturated carbocycles. The van der Waals surface area contributed by atoms with E-state index in [1.165, 1.54) is 14.2 Å². The topological polar surface area (TPSA) is 162 Å². The van der Waals surface area contributed by atoms with E-state index in [4.69, 9.17) is 24.2 Å². The van der Waals surface area contributed by atoms with Gasteiger partial charge in [0.15, 0.2) is 6.29 Å². The maximum atomic E-state index is 10.5. The largest absolute Gasteiger partial charge is 0.394 e. The fraction of sp³-hybridized carbons (Fsp3) is 0.812. The van der Waals surface area contributed by atoms with Crippen LogP contribution in [0.5, 0.6) is 0 Å². The second-order valence-corrected chi connectivity index (χ2v) is 6.25. The molecule has 0 unspecified atom stereocenters. The lowest BCUT2D eigenvalue weighted by Gasteiger charge is -2.44. The summed E-state index contributed by atoms with van der Waals surface area (Å²) < 4.78 is 21.6. The molecule has 0 amide bonds. The monoisotopic (exact) mass is 375 g/mol. The number of nitrogens with zero attached hydrogens (tertiary/aromatic N) is 1. The third kappa shape index (κ3) is 4.07. The number of aliphatic hydroxyl groups excluding tert-OH is 5. The quantitative estimate of drug-likeness (QED) is 0.323. The molecule has 2 fully saturated rings. The van der Waals surface area contributed by atoms with Crippen LogP contribution in [0.4, 0.5) is 0 Å². The summed E-state index contributed by atoms with van der Waals surface area (Å²) in [6.07, 6.45) is -9.22. The average Bonchev–Trinajstić information content (AvgIpc) is 2.64. The van der Waals surface area contributed by atoms with Crippen LogP contribution < -0.4 is 0 Å². The SMILES string of the molecule is CO[C@@H]1[C@H](OC)C[C@H](O[C@H]2O[C@@H](CO)[C@@H](O)[C@@H](O)[C@H]2O)/C(=C\C#N)[C@@H]1O. The number of allylic oxidation sites excluding steroid dienone is 1. The molecule has 148 valence electrons. The van der Waals surface area contributed by atoms with Crippen LogP contribution in [0.15, 0.2) is 11.6 Å². The maximum Gasteiger partial charge on any atom is 0.187 e. The second kappa shape index (κ2) is 9.18. The Bertz CT molecular complexity index is 534. The smallest absolute Gasteiger partial charge is 0.187 e. The first-order valence-corrected chi connectivity index (χ1v) is 8.18. The summed E-state index contributed by atoms with van der Waals surface area (Å²) in [6.45, 7) is -0.592. The summed E-state index contributed by atoms with van der Waals surface area (Å²) in [5.74, 6) is 0. The molecule has 26 heavy (non-hydrogen) atoms. The van der Waals surface area contributed by atoms with Crippen molar-refractivity contribution in [3.8, 4) is 6.07 Å². The fourth-order valence-corrected chi connectivity index (χ4v) is 3.30. The first-order valence-electron chi connectivity index (χ1n) is 8.18. The lowest BCUT2D eigenvalue weighted by molar-refractivity contribution is -0.312. The Morgan fingerprint density at radius 3 is 2.38 bits per heavy atom. The molecule has 0 aromatic carbocycles. The highest BCUT2D eigenvalue weighted by Gasteiger charge is 2.48. The first kappa shape index (κ1) is 21.2. The van der Waals surface area contributed by atoms with Gasteiger partial charge in [0.1, 0.15) is 36.6 Å². The van der Waals surface area contributed by atoms with Gasteiger partial charge in [0.2, 0.25) is 0 Å². The summed E-state index contributed by atoms with van der Waals surface area (Å²) in [5.41, 5.74) is 0.213. The number of hydrogen-bond acceptors (Lipinski definition) is 10. The molecule has 0 bridgehead atoms. The van der Waals surface area contributed by atoms with E-state index in [0.717, 1.165) is 6.08 Å². The van der Waals surface area contributed by atoms with Crippen molar-refractivity contribution in [2.24, 2.45) is 0 Å². The third-order valence-electron chi connectivity index (χ3n) is 4.79. The zero-order chi connectivity index (χ0) is 19.4. The van der Waals surface area contributed by atoms with Gasteiger partial charge in [-0.3, -0.25) is 0 Å². The van der Waals surface area contributed by atoms with Crippen molar-refractivity contribution in [1.29, 1.82) is 5.26 Å². The molecule has 1 heterocycles. The molecule has 9 atom stereocenters. The molecular formula is C16H25NO9. The number of methoxy groups -OCH3 is 2. The van der Waals surface area contributed by atoms with E-state index in [9.17, 15) is 25.5 Å². The van der Waals surface area contributed by atoms with E-state index in [2.05, 4.69) is 0 Å². The van der Waals surface area contributed by atoms with Crippen molar-refractivity contribution in [2.45, 2.75) is 61.5 Å². The lowest BCUT2D eigenvalue weighted by Crippen LogP contribution is -2.60. The van der Waals surface area contributed by atoms with Crippen molar-refractivity contribution >= 4 is 0 Å². The molecular weight excluding hydrogens is 350 g/mol. The van der Waals surface area contributed by atoms with Crippen LogP contribution in [-0.4, -0.2) is 101 Å². The van der Waals surface area contributed by atoms with Crippen LogP contribution in [0.1, 0.15) is 6.42 Å². The Labute approximate surface area is 150 Å². The zero-order valence-electron chi connectivity index (χ0n) is 14.5. The molecule has 0 spiro atoms. The van der Waals surface area contributed by atoms with E-state index in [1.54, 1.807) is 0 Å².